The van der Waals surface area contributed by atoms with E-state index in [0.29, 0.717) is 6.04 Å². The molecule has 116 valence electrons. The molecule has 3 unspecified atom stereocenters. The summed E-state index contributed by atoms with van der Waals surface area (Å²) in [7, 11) is 0. The summed E-state index contributed by atoms with van der Waals surface area (Å²) in [4.78, 5) is 0. The fourth-order valence-corrected chi connectivity index (χ4v) is 6.54. The molecule has 3 atom stereocenters. The van der Waals surface area contributed by atoms with Crippen molar-refractivity contribution in [3.8, 4) is 0 Å². The zero-order valence-corrected chi connectivity index (χ0v) is 14.4. The van der Waals surface area contributed by atoms with E-state index in [-0.39, 0.29) is 5.60 Å². The monoisotopic (exact) mass is 315 g/mol. The quantitative estimate of drug-likeness (QED) is 0.853. The van der Waals surface area contributed by atoms with E-state index in [2.05, 4.69) is 35.8 Å². The van der Waals surface area contributed by atoms with E-state index < -0.39 is 0 Å². The van der Waals surface area contributed by atoms with Gasteiger partial charge in [0.15, 0.2) is 0 Å². The third-order valence-electron chi connectivity index (χ3n) is 5.18. The van der Waals surface area contributed by atoms with E-state index in [1.165, 1.54) is 62.2 Å². The molecule has 3 aliphatic rings. The summed E-state index contributed by atoms with van der Waals surface area (Å²) in [6.07, 6.45) is 9.24. The molecule has 0 aromatic heterocycles. The molecule has 1 aliphatic carbocycles. The van der Waals surface area contributed by atoms with Crippen LogP contribution in [0.2, 0.25) is 0 Å². The lowest BCUT2D eigenvalue weighted by Crippen LogP contribution is -2.52. The molecule has 2 aliphatic heterocycles. The van der Waals surface area contributed by atoms with E-state index in [1.54, 1.807) is 0 Å². The highest BCUT2D eigenvalue weighted by Crippen LogP contribution is 2.38. The summed E-state index contributed by atoms with van der Waals surface area (Å²) in [5.41, 5.74) is 0.229. The van der Waals surface area contributed by atoms with Crippen molar-refractivity contribution in [1.29, 1.82) is 0 Å². The van der Waals surface area contributed by atoms with Crippen molar-refractivity contribution < 1.29 is 4.74 Å². The van der Waals surface area contributed by atoms with Gasteiger partial charge < -0.3 is 10.1 Å². The van der Waals surface area contributed by atoms with Gasteiger partial charge in [0.05, 0.1) is 5.60 Å². The van der Waals surface area contributed by atoms with Crippen LogP contribution in [0.15, 0.2) is 0 Å². The molecule has 0 aromatic carbocycles. The number of nitrogens with one attached hydrogen (secondary N) is 1. The predicted octanol–water partition coefficient (Wildman–Crippen LogP) is 3.70. The van der Waals surface area contributed by atoms with Crippen molar-refractivity contribution in [2.45, 2.75) is 74.8 Å². The highest BCUT2D eigenvalue weighted by atomic mass is 32.2. The summed E-state index contributed by atoms with van der Waals surface area (Å²) in [6.45, 7) is 3.27. The molecule has 0 radical (unpaired) electrons. The molecule has 3 fully saturated rings. The standard InChI is InChI=1S/C16H29NOS2/c1-2-20-15-5-3-4-14(15)17-13-6-9-18-16(12-13)7-10-19-11-8-16/h13-15,17H,2-12H2,1H3. The van der Waals surface area contributed by atoms with Gasteiger partial charge in [-0.2, -0.15) is 23.5 Å². The Morgan fingerprint density at radius 2 is 2.10 bits per heavy atom. The molecular formula is C16H29NOS2. The van der Waals surface area contributed by atoms with Gasteiger partial charge in [-0.15, -0.1) is 0 Å². The van der Waals surface area contributed by atoms with Gasteiger partial charge in [0.25, 0.3) is 0 Å². The Labute approximate surface area is 132 Å². The SMILES string of the molecule is CCSC1CCCC1NC1CCOC2(CCSCC2)C1. The van der Waals surface area contributed by atoms with Gasteiger partial charge >= 0.3 is 0 Å². The van der Waals surface area contributed by atoms with Crippen molar-refractivity contribution >= 4 is 23.5 Å². The molecular weight excluding hydrogens is 286 g/mol. The molecule has 0 aromatic rings. The number of ether oxygens (including phenoxy) is 1. The summed E-state index contributed by atoms with van der Waals surface area (Å²) in [6, 6.07) is 1.47. The van der Waals surface area contributed by atoms with Gasteiger partial charge in [-0.3, -0.25) is 0 Å². The summed E-state index contributed by atoms with van der Waals surface area (Å²) in [5.74, 6) is 3.85. The van der Waals surface area contributed by atoms with Crippen LogP contribution in [-0.4, -0.2) is 46.8 Å². The highest BCUT2D eigenvalue weighted by molar-refractivity contribution is 8.00. The molecule has 4 heteroatoms. The fraction of sp³-hybridized carbons (Fsp3) is 1.00. The van der Waals surface area contributed by atoms with Crippen molar-refractivity contribution in [2.24, 2.45) is 0 Å². The Hall–Kier alpha value is 0.620. The minimum Gasteiger partial charge on any atom is -0.375 e. The third-order valence-corrected chi connectivity index (χ3v) is 7.49. The van der Waals surface area contributed by atoms with Crippen LogP contribution in [-0.2, 0) is 4.74 Å². The molecule has 3 rings (SSSR count). The van der Waals surface area contributed by atoms with Crippen LogP contribution in [0.5, 0.6) is 0 Å². The lowest BCUT2D eigenvalue weighted by atomic mass is 9.85. The smallest absolute Gasteiger partial charge is 0.0713 e. The van der Waals surface area contributed by atoms with E-state index in [9.17, 15) is 0 Å². The predicted molar refractivity (Wildman–Crippen MR) is 91.0 cm³/mol. The summed E-state index contributed by atoms with van der Waals surface area (Å²) < 4.78 is 6.22. The van der Waals surface area contributed by atoms with Crippen LogP contribution in [0.25, 0.3) is 0 Å². The molecule has 1 saturated carbocycles. The molecule has 20 heavy (non-hydrogen) atoms. The zero-order chi connectivity index (χ0) is 13.8. The number of hydrogen-bond donors (Lipinski definition) is 1. The van der Waals surface area contributed by atoms with E-state index in [4.69, 9.17) is 4.74 Å². The van der Waals surface area contributed by atoms with Gasteiger partial charge in [0, 0.05) is 23.9 Å². The van der Waals surface area contributed by atoms with Gasteiger partial charge in [0.1, 0.15) is 0 Å². The Bertz CT molecular complexity index is 301. The van der Waals surface area contributed by atoms with Crippen LogP contribution in [0, 0.1) is 0 Å². The Morgan fingerprint density at radius 1 is 1.25 bits per heavy atom. The minimum atomic E-state index is 0.229. The van der Waals surface area contributed by atoms with Crippen LogP contribution in [0.1, 0.15) is 51.9 Å². The van der Waals surface area contributed by atoms with Gasteiger partial charge in [-0.05, 0) is 55.8 Å². The maximum atomic E-state index is 6.22. The Morgan fingerprint density at radius 3 is 2.90 bits per heavy atom. The van der Waals surface area contributed by atoms with Crippen LogP contribution in [0.3, 0.4) is 0 Å². The molecule has 2 heterocycles. The number of rotatable bonds is 4. The van der Waals surface area contributed by atoms with Gasteiger partial charge in [0.2, 0.25) is 0 Å². The molecule has 2 nitrogen and oxygen atoms in total. The normalized spacial score (nSPS) is 37.4. The molecule has 1 spiro atoms. The summed E-state index contributed by atoms with van der Waals surface area (Å²) in [5, 5.41) is 4.88. The second-order valence-electron chi connectivity index (χ2n) is 6.53. The van der Waals surface area contributed by atoms with Crippen molar-refractivity contribution in [3.63, 3.8) is 0 Å². The summed E-state index contributed by atoms with van der Waals surface area (Å²) >= 11 is 4.27. The van der Waals surface area contributed by atoms with Crippen molar-refractivity contribution in [3.05, 3.63) is 0 Å². The Balaban J connectivity index is 1.54. The van der Waals surface area contributed by atoms with Crippen LogP contribution >= 0.6 is 23.5 Å². The van der Waals surface area contributed by atoms with Crippen molar-refractivity contribution in [1.82, 2.24) is 5.32 Å². The first-order valence-electron chi connectivity index (χ1n) is 8.41. The molecule has 0 bridgehead atoms. The maximum Gasteiger partial charge on any atom is 0.0713 e. The maximum absolute atomic E-state index is 6.22. The fourth-order valence-electron chi connectivity index (χ4n) is 4.09. The first-order valence-corrected chi connectivity index (χ1v) is 10.6. The lowest BCUT2D eigenvalue weighted by molar-refractivity contribution is -0.0940. The zero-order valence-electron chi connectivity index (χ0n) is 12.7. The third kappa shape index (κ3) is 3.68. The number of hydrogen-bond acceptors (Lipinski definition) is 4. The van der Waals surface area contributed by atoms with E-state index in [0.717, 1.165) is 17.9 Å². The first kappa shape index (κ1) is 15.5. The van der Waals surface area contributed by atoms with Crippen molar-refractivity contribution in [2.75, 3.05) is 23.9 Å². The topological polar surface area (TPSA) is 21.3 Å². The number of thioether (sulfide) groups is 2. The second kappa shape index (κ2) is 7.26. The second-order valence-corrected chi connectivity index (χ2v) is 9.27. The average molecular weight is 316 g/mol. The highest BCUT2D eigenvalue weighted by Gasteiger charge is 2.40. The average Bonchev–Trinajstić information content (AvgIpc) is 2.88. The van der Waals surface area contributed by atoms with Crippen LogP contribution in [0.4, 0.5) is 0 Å². The van der Waals surface area contributed by atoms with Gasteiger partial charge in [-0.25, -0.2) is 0 Å². The van der Waals surface area contributed by atoms with Gasteiger partial charge in [-0.1, -0.05) is 13.3 Å². The van der Waals surface area contributed by atoms with E-state index >= 15 is 0 Å². The van der Waals surface area contributed by atoms with E-state index in [1.807, 2.05) is 0 Å². The minimum absolute atomic E-state index is 0.229. The molecule has 2 saturated heterocycles. The largest absolute Gasteiger partial charge is 0.375 e. The lowest BCUT2D eigenvalue weighted by Gasteiger charge is -2.44. The molecule has 0 amide bonds. The molecule has 1 N–H and O–H groups in total. The van der Waals surface area contributed by atoms with Crippen LogP contribution < -0.4 is 5.32 Å². The first-order chi connectivity index (χ1) is 9.81. The Kier molecular flexibility index (Phi) is 5.63.